The summed E-state index contributed by atoms with van der Waals surface area (Å²) in [7, 11) is 0. The maximum Gasteiger partial charge on any atom is 0.123 e. The molecule has 0 bridgehead atoms. The maximum absolute atomic E-state index is 6.15. The number of nitrogens with zero attached hydrogens (tertiary/aromatic N) is 1. The third kappa shape index (κ3) is 3.66. The maximum atomic E-state index is 6.15. The zero-order valence-corrected chi connectivity index (χ0v) is 12.7. The van der Waals surface area contributed by atoms with E-state index in [4.69, 9.17) is 16.3 Å². The second-order valence-corrected chi connectivity index (χ2v) is 6.62. The highest BCUT2D eigenvalue weighted by molar-refractivity contribution is 6.30. The lowest BCUT2D eigenvalue weighted by Crippen LogP contribution is -2.54. The summed E-state index contributed by atoms with van der Waals surface area (Å²) in [6.07, 6.45) is 3.91. The number of quaternary nitrogens is 1. The van der Waals surface area contributed by atoms with Crippen LogP contribution in [0.4, 0.5) is 0 Å². The van der Waals surface area contributed by atoms with E-state index in [-0.39, 0.29) is 0 Å². The molecule has 110 valence electrons. The molecule has 1 aromatic carbocycles. The van der Waals surface area contributed by atoms with Gasteiger partial charge in [-0.2, -0.15) is 0 Å². The molecule has 1 aliphatic carbocycles. The van der Waals surface area contributed by atoms with Crippen molar-refractivity contribution < 1.29 is 10.5 Å². The quantitative estimate of drug-likeness (QED) is 0.874. The topological polar surface area (TPSA) is 40.1 Å². The molecule has 1 atom stereocenters. The summed E-state index contributed by atoms with van der Waals surface area (Å²) in [6.45, 7) is 5.15. The molecule has 0 aromatic heterocycles. The molecule has 1 saturated heterocycles. The Kier molecular flexibility index (Phi) is 4.49. The number of rotatable bonds is 6. The minimum atomic E-state index is 0.755. The molecule has 2 aliphatic rings. The normalized spacial score (nSPS) is 23.2. The van der Waals surface area contributed by atoms with E-state index in [9.17, 15) is 0 Å². The Morgan fingerprint density at radius 2 is 2.10 bits per heavy atom. The highest BCUT2D eigenvalue weighted by Gasteiger charge is 2.25. The Morgan fingerprint density at radius 1 is 1.25 bits per heavy atom. The van der Waals surface area contributed by atoms with Crippen molar-refractivity contribution in [1.29, 1.82) is 0 Å². The molecule has 0 spiro atoms. The lowest BCUT2D eigenvalue weighted by atomic mass is 10.1. The zero-order valence-electron chi connectivity index (χ0n) is 12.0. The molecule has 0 amide bonds. The molecule has 3 nitrogen and oxygen atoms in total. The molecule has 1 aromatic rings. The summed E-state index contributed by atoms with van der Waals surface area (Å²) in [6, 6.07) is 6.01. The highest BCUT2D eigenvalue weighted by Crippen LogP contribution is 2.32. The van der Waals surface area contributed by atoms with Crippen LogP contribution in [0, 0.1) is 11.8 Å². The van der Waals surface area contributed by atoms with Crippen molar-refractivity contribution in [3.63, 3.8) is 0 Å². The second-order valence-electron chi connectivity index (χ2n) is 6.18. The number of hydrogen-bond acceptors (Lipinski definition) is 2. The van der Waals surface area contributed by atoms with Gasteiger partial charge in [-0.3, -0.25) is 4.90 Å². The van der Waals surface area contributed by atoms with Crippen LogP contribution in [0.5, 0.6) is 5.75 Å². The van der Waals surface area contributed by atoms with Crippen molar-refractivity contribution in [2.24, 2.45) is 11.8 Å². The van der Waals surface area contributed by atoms with E-state index in [1.54, 1.807) is 0 Å². The Morgan fingerprint density at radius 3 is 2.80 bits per heavy atom. The Hall–Kier alpha value is -0.770. The molecular formula is C16H24ClN2O+. The molecular weight excluding hydrogens is 272 g/mol. The smallest absolute Gasteiger partial charge is 0.123 e. The molecule has 3 N–H and O–H groups in total. The van der Waals surface area contributed by atoms with E-state index in [0.717, 1.165) is 55.4 Å². The molecule has 1 aliphatic heterocycles. The monoisotopic (exact) mass is 295 g/mol. The van der Waals surface area contributed by atoms with Crippen LogP contribution in [0.2, 0.25) is 5.02 Å². The van der Waals surface area contributed by atoms with Gasteiger partial charge < -0.3 is 10.5 Å². The second kappa shape index (κ2) is 6.33. The van der Waals surface area contributed by atoms with Gasteiger partial charge in [-0.25, -0.2) is 0 Å². The Balaban J connectivity index is 1.65. The van der Waals surface area contributed by atoms with Gasteiger partial charge >= 0.3 is 0 Å². The molecule has 0 unspecified atom stereocenters. The van der Waals surface area contributed by atoms with E-state index >= 15 is 0 Å². The van der Waals surface area contributed by atoms with Crippen LogP contribution in [0.3, 0.4) is 0 Å². The predicted molar refractivity (Wildman–Crippen MR) is 80.8 cm³/mol. The molecule has 2 fully saturated rings. The van der Waals surface area contributed by atoms with Crippen molar-refractivity contribution in [2.75, 3.05) is 26.2 Å². The Bertz CT molecular complexity index is 462. The number of benzene rings is 1. The summed E-state index contributed by atoms with van der Waals surface area (Å²) in [4.78, 5) is 2.49. The average Bonchev–Trinajstić information content (AvgIpc) is 3.16. The third-order valence-electron chi connectivity index (χ3n) is 4.37. The molecule has 1 heterocycles. The fraction of sp³-hybridized carbons (Fsp3) is 0.625. The number of likely N-dealkylation sites (tertiary alicyclic amines) is 1. The van der Waals surface area contributed by atoms with Crippen LogP contribution >= 0.6 is 11.6 Å². The van der Waals surface area contributed by atoms with Gasteiger partial charge in [0, 0.05) is 29.6 Å². The van der Waals surface area contributed by atoms with Gasteiger partial charge in [0.15, 0.2) is 0 Å². The van der Waals surface area contributed by atoms with E-state index in [0.29, 0.717) is 0 Å². The summed E-state index contributed by atoms with van der Waals surface area (Å²) in [5.74, 6) is 2.55. The van der Waals surface area contributed by atoms with Crippen molar-refractivity contribution >= 4 is 11.6 Å². The summed E-state index contributed by atoms with van der Waals surface area (Å²) in [5.41, 5.74) is 5.25. The van der Waals surface area contributed by atoms with Gasteiger partial charge in [0.2, 0.25) is 0 Å². The fourth-order valence-electron chi connectivity index (χ4n) is 2.84. The summed E-state index contributed by atoms with van der Waals surface area (Å²) >= 11 is 6.15. The van der Waals surface area contributed by atoms with Crippen LogP contribution in [0.1, 0.15) is 24.8 Å². The van der Waals surface area contributed by atoms with E-state index in [1.807, 2.05) is 12.1 Å². The summed E-state index contributed by atoms with van der Waals surface area (Å²) < 4.78 is 5.98. The molecule has 1 saturated carbocycles. The number of halogens is 1. The van der Waals surface area contributed by atoms with Crippen molar-refractivity contribution in [1.82, 2.24) is 4.90 Å². The van der Waals surface area contributed by atoms with Crippen LogP contribution in [-0.4, -0.2) is 31.1 Å². The number of hydrogen-bond donors (Lipinski definition) is 1. The van der Waals surface area contributed by atoms with Crippen molar-refractivity contribution in [3.05, 3.63) is 28.8 Å². The zero-order chi connectivity index (χ0) is 13.9. The van der Waals surface area contributed by atoms with Crippen LogP contribution < -0.4 is 10.5 Å². The van der Waals surface area contributed by atoms with Gasteiger partial charge in [0.05, 0.1) is 13.2 Å². The summed E-state index contributed by atoms with van der Waals surface area (Å²) in [5, 5.41) is 0.798. The Labute approximate surface area is 126 Å². The predicted octanol–water partition coefficient (Wildman–Crippen LogP) is 2.19. The number of ether oxygens (including phenoxy) is 1. The third-order valence-corrected chi connectivity index (χ3v) is 4.60. The molecule has 20 heavy (non-hydrogen) atoms. The lowest BCUT2D eigenvalue weighted by Gasteiger charge is -2.18. The molecule has 0 radical (unpaired) electrons. The van der Waals surface area contributed by atoms with Gasteiger partial charge in [0.1, 0.15) is 5.75 Å². The molecule has 3 rings (SSSR count). The van der Waals surface area contributed by atoms with Crippen LogP contribution in [0.15, 0.2) is 18.2 Å². The van der Waals surface area contributed by atoms with Gasteiger partial charge in [-0.05, 0) is 49.9 Å². The van der Waals surface area contributed by atoms with Crippen LogP contribution in [-0.2, 0) is 6.54 Å². The lowest BCUT2D eigenvalue weighted by molar-refractivity contribution is -0.378. The largest absolute Gasteiger partial charge is 0.493 e. The minimum Gasteiger partial charge on any atom is -0.493 e. The molecule has 4 heteroatoms. The van der Waals surface area contributed by atoms with Crippen molar-refractivity contribution in [3.8, 4) is 5.75 Å². The van der Waals surface area contributed by atoms with Gasteiger partial charge in [-0.15, -0.1) is 0 Å². The van der Waals surface area contributed by atoms with E-state index in [2.05, 4.69) is 16.7 Å². The highest BCUT2D eigenvalue weighted by atomic mass is 35.5. The van der Waals surface area contributed by atoms with E-state index < -0.39 is 0 Å². The first kappa shape index (κ1) is 14.2. The van der Waals surface area contributed by atoms with Crippen molar-refractivity contribution in [2.45, 2.75) is 25.8 Å². The first-order chi connectivity index (χ1) is 9.74. The first-order valence-electron chi connectivity index (χ1n) is 7.67. The SMILES string of the molecule is [NH3+]C[C@@H]1CCN(Cc2cc(Cl)ccc2OCC2CC2)C1. The fourth-order valence-corrected chi connectivity index (χ4v) is 3.03. The van der Waals surface area contributed by atoms with Crippen LogP contribution in [0.25, 0.3) is 0 Å². The van der Waals surface area contributed by atoms with E-state index in [1.165, 1.54) is 24.8 Å². The van der Waals surface area contributed by atoms with Gasteiger partial charge in [0.25, 0.3) is 0 Å². The van der Waals surface area contributed by atoms with Gasteiger partial charge in [-0.1, -0.05) is 11.6 Å². The average molecular weight is 296 g/mol. The first-order valence-corrected chi connectivity index (χ1v) is 8.05. The standard InChI is InChI=1S/C16H23ClN2O/c17-15-3-4-16(20-11-12-1-2-12)14(7-15)10-19-6-5-13(8-18)9-19/h3-4,7,12-13H,1-2,5-6,8-11,18H2/p+1/t13-/m0/s1. The minimum absolute atomic E-state index is 0.755.